The number of aromatic nitrogens is 4. The summed E-state index contributed by atoms with van der Waals surface area (Å²) in [5.41, 5.74) is -4.77. The monoisotopic (exact) mass is 386 g/mol. The third kappa shape index (κ3) is 3.15. The predicted molar refractivity (Wildman–Crippen MR) is 83.4 cm³/mol. The summed E-state index contributed by atoms with van der Waals surface area (Å²) in [6, 6.07) is 4.01. The third-order valence-corrected chi connectivity index (χ3v) is 4.03. The van der Waals surface area contributed by atoms with Crippen LogP contribution in [-0.2, 0) is 18.1 Å². The van der Waals surface area contributed by atoms with Crippen LogP contribution in [0.4, 0.5) is 17.6 Å². The predicted octanol–water partition coefficient (Wildman–Crippen LogP) is 3.28. The van der Waals surface area contributed by atoms with Gasteiger partial charge >= 0.3 is 5.92 Å². The fourth-order valence-corrected chi connectivity index (χ4v) is 2.61. The molecule has 1 atom stereocenters. The Balaban J connectivity index is 2.17. The minimum atomic E-state index is -4.07. The van der Waals surface area contributed by atoms with Gasteiger partial charge in [0.15, 0.2) is 5.60 Å². The molecule has 0 saturated carbocycles. The molecule has 2 heterocycles. The van der Waals surface area contributed by atoms with E-state index in [1.807, 2.05) is 0 Å². The van der Waals surface area contributed by atoms with Crippen molar-refractivity contribution in [3.8, 4) is 0 Å². The molecule has 0 radical (unpaired) electrons. The van der Waals surface area contributed by atoms with E-state index in [2.05, 4.69) is 15.1 Å². The Bertz CT molecular complexity index is 905. The molecule has 0 amide bonds. The van der Waals surface area contributed by atoms with E-state index >= 15 is 8.78 Å². The summed E-state index contributed by atoms with van der Waals surface area (Å²) < 4.78 is 58.8. The van der Waals surface area contributed by atoms with Crippen LogP contribution in [0.2, 0.25) is 5.02 Å². The van der Waals surface area contributed by atoms with Crippen molar-refractivity contribution in [2.24, 2.45) is 0 Å². The summed E-state index contributed by atoms with van der Waals surface area (Å²) in [4.78, 5) is 7.15. The number of aliphatic hydroxyl groups is 1. The van der Waals surface area contributed by atoms with Crippen LogP contribution >= 0.6 is 11.6 Å². The van der Waals surface area contributed by atoms with Crippen molar-refractivity contribution in [2.45, 2.75) is 18.1 Å². The zero-order valence-corrected chi connectivity index (χ0v) is 13.7. The van der Waals surface area contributed by atoms with Crippen LogP contribution in [0.3, 0.4) is 0 Å². The molecule has 10 heteroatoms. The number of benzene rings is 1. The average molecular weight is 387 g/mol. The summed E-state index contributed by atoms with van der Waals surface area (Å²) in [5, 5.41) is 14.7. The number of pyridine rings is 1. The molecular weight excluding hydrogens is 376 g/mol. The van der Waals surface area contributed by atoms with Crippen LogP contribution in [0.15, 0.2) is 49.2 Å². The molecule has 0 spiro atoms. The lowest BCUT2D eigenvalue weighted by molar-refractivity contribution is -0.207. The molecule has 3 rings (SSSR count). The van der Waals surface area contributed by atoms with Crippen molar-refractivity contribution < 1.29 is 22.7 Å². The Kier molecular flexibility index (Phi) is 4.68. The first-order valence-electron chi connectivity index (χ1n) is 7.24. The first-order chi connectivity index (χ1) is 12.2. The normalized spacial score (nSPS) is 14.2. The van der Waals surface area contributed by atoms with E-state index in [4.69, 9.17) is 11.6 Å². The minimum absolute atomic E-state index is 0.109. The van der Waals surface area contributed by atoms with E-state index in [1.165, 1.54) is 0 Å². The van der Waals surface area contributed by atoms with Gasteiger partial charge in [-0.15, -0.1) is 0 Å². The smallest absolute Gasteiger partial charge is 0.323 e. The van der Waals surface area contributed by atoms with Crippen LogP contribution in [0.5, 0.6) is 0 Å². The second-order valence-corrected chi connectivity index (χ2v) is 5.95. The van der Waals surface area contributed by atoms with E-state index in [0.717, 1.165) is 47.8 Å². The Morgan fingerprint density at radius 2 is 1.92 bits per heavy atom. The lowest BCUT2D eigenvalue weighted by atomic mass is 9.84. The lowest BCUT2D eigenvalue weighted by Crippen LogP contribution is -2.48. The maximum atomic E-state index is 15.2. The molecule has 136 valence electrons. The number of hydrogen-bond acceptors (Lipinski definition) is 4. The van der Waals surface area contributed by atoms with Gasteiger partial charge in [0.05, 0.1) is 11.6 Å². The van der Waals surface area contributed by atoms with Crippen LogP contribution < -0.4 is 0 Å². The van der Waals surface area contributed by atoms with E-state index < -0.39 is 41.0 Å². The molecule has 0 aliphatic rings. The van der Waals surface area contributed by atoms with Gasteiger partial charge in [-0.1, -0.05) is 11.6 Å². The van der Waals surface area contributed by atoms with Gasteiger partial charge < -0.3 is 5.11 Å². The third-order valence-electron chi connectivity index (χ3n) is 3.80. The second kappa shape index (κ2) is 6.65. The van der Waals surface area contributed by atoms with Gasteiger partial charge in [-0.3, -0.25) is 4.98 Å². The van der Waals surface area contributed by atoms with E-state index in [1.54, 1.807) is 0 Å². The Labute approximate surface area is 149 Å². The molecule has 26 heavy (non-hydrogen) atoms. The maximum absolute atomic E-state index is 15.2. The zero-order chi connectivity index (χ0) is 18.9. The second-order valence-electron chi connectivity index (χ2n) is 5.51. The molecule has 0 bridgehead atoms. The van der Waals surface area contributed by atoms with E-state index in [9.17, 15) is 13.9 Å². The summed E-state index contributed by atoms with van der Waals surface area (Å²) in [6.07, 6.45) is 3.12. The molecule has 3 aromatic rings. The maximum Gasteiger partial charge on any atom is 0.323 e. The van der Waals surface area contributed by atoms with Gasteiger partial charge in [0.2, 0.25) is 0 Å². The van der Waals surface area contributed by atoms with Crippen LogP contribution in [0.1, 0.15) is 11.3 Å². The van der Waals surface area contributed by atoms with Crippen molar-refractivity contribution >= 4 is 11.6 Å². The summed E-state index contributed by atoms with van der Waals surface area (Å²) in [5.74, 6) is -6.37. The fourth-order valence-electron chi connectivity index (χ4n) is 2.50. The zero-order valence-electron chi connectivity index (χ0n) is 13.0. The van der Waals surface area contributed by atoms with Crippen LogP contribution in [-0.4, -0.2) is 24.9 Å². The molecule has 1 aromatic carbocycles. The highest BCUT2D eigenvalue weighted by Gasteiger charge is 2.57. The molecule has 0 aliphatic carbocycles. The van der Waals surface area contributed by atoms with Crippen LogP contribution in [0.25, 0.3) is 0 Å². The van der Waals surface area contributed by atoms with Gasteiger partial charge in [0.25, 0.3) is 0 Å². The van der Waals surface area contributed by atoms with Crippen molar-refractivity contribution in [1.29, 1.82) is 0 Å². The molecule has 0 aliphatic heterocycles. The fraction of sp³-hybridized carbons (Fsp3) is 0.188. The van der Waals surface area contributed by atoms with Crippen molar-refractivity contribution in [2.75, 3.05) is 0 Å². The van der Waals surface area contributed by atoms with Gasteiger partial charge in [-0.25, -0.2) is 18.4 Å². The molecule has 0 fully saturated rings. The highest BCUT2D eigenvalue weighted by Crippen LogP contribution is 2.46. The summed E-state index contributed by atoms with van der Waals surface area (Å²) in [6.45, 7) is -0.854. The molecule has 1 unspecified atom stereocenters. The molecule has 1 N–H and O–H groups in total. The summed E-state index contributed by atoms with van der Waals surface area (Å²) in [7, 11) is 0. The number of alkyl halides is 2. The number of nitrogens with zero attached hydrogens (tertiary/aromatic N) is 4. The van der Waals surface area contributed by atoms with E-state index in [-0.39, 0.29) is 5.02 Å². The lowest BCUT2D eigenvalue weighted by Gasteiger charge is -2.35. The SMILES string of the molecule is OC(Cn1cncn1)(c1ccc(F)cc1F)C(F)(F)c1ccc(Cl)cn1. The Morgan fingerprint density at radius 1 is 1.15 bits per heavy atom. The molecule has 5 nitrogen and oxygen atoms in total. The topological polar surface area (TPSA) is 63.8 Å². The van der Waals surface area contributed by atoms with Crippen molar-refractivity contribution in [3.05, 3.63) is 77.1 Å². The highest BCUT2D eigenvalue weighted by molar-refractivity contribution is 6.30. The molecular formula is C16H11ClF4N4O. The first kappa shape index (κ1) is 18.3. The first-order valence-corrected chi connectivity index (χ1v) is 7.62. The van der Waals surface area contributed by atoms with Crippen LogP contribution in [0, 0.1) is 11.6 Å². The Hall–Kier alpha value is -2.52. The van der Waals surface area contributed by atoms with Gasteiger partial charge in [0, 0.05) is 17.8 Å². The van der Waals surface area contributed by atoms with Crippen molar-refractivity contribution in [3.63, 3.8) is 0 Å². The molecule has 0 saturated heterocycles. The standard InChI is InChI=1S/C16H11ClF4N4O/c17-10-1-4-14(23-6-10)16(20,21)15(26,7-25-9-22-8-24-25)12-3-2-11(18)5-13(12)19/h1-6,8-9,26H,7H2. The number of rotatable bonds is 5. The summed E-state index contributed by atoms with van der Waals surface area (Å²) >= 11 is 5.66. The number of halogens is 5. The van der Waals surface area contributed by atoms with Gasteiger partial charge in [-0.05, 0) is 24.3 Å². The largest absolute Gasteiger partial charge is 0.377 e. The van der Waals surface area contributed by atoms with E-state index in [0.29, 0.717) is 6.07 Å². The van der Waals surface area contributed by atoms with Gasteiger partial charge in [-0.2, -0.15) is 13.9 Å². The molecule has 2 aromatic heterocycles. The quantitative estimate of drug-likeness (QED) is 0.683. The van der Waals surface area contributed by atoms with Gasteiger partial charge in [0.1, 0.15) is 30.0 Å². The minimum Gasteiger partial charge on any atom is -0.377 e. The Morgan fingerprint density at radius 3 is 2.50 bits per heavy atom. The average Bonchev–Trinajstić information content (AvgIpc) is 3.07. The van der Waals surface area contributed by atoms with Crippen molar-refractivity contribution in [1.82, 2.24) is 19.7 Å². The highest BCUT2D eigenvalue weighted by atomic mass is 35.5. The number of hydrogen-bond donors (Lipinski definition) is 1.